The van der Waals surface area contributed by atoms with Gasteiger partial charge in [-0.25, -0.2) is 9.69 Å². The number of carbonyl (C=O) groups excluding carboxylic acids is 3. The molecule has 140 valence electrons. The molecule has 5 rings (SSSR count). The fourth-order valence-electron chi connectivity index (χ4n) is 4.70. The number of nitrogens with zero attached hydrogens (tertiary/aromatic N) is 1. The van der Waals surface area contributed by atoms with Crippen molar-refractivity contribution in [2.45, 2.75) is 13.3 Å². The standard InChI is InChI=1S/C23H19NO4/c1-13-5-7-14(8-6-13)23(27)28-18-4-2-3-17(12-18)24-21(25)19-15-9-10-16(11-15)20(19)22(24)26/h2-10,12,15-16,19-20H,11H2,1H3/t15-,16-,19-,20-/m0/s1. The molecule has 1 heterocycles. The normalized spacial score (nSPS) is 27.4. The molecule has 28 heavy (non-hydrogen) atoms. The average Bonchev–Trinajstić information content (AvgIpc) is 3.36. The average molecular weight is 373 g/mol. The van der Waals surface area contributed by atoms with Gasteiger partial charge in [0.2, 0.25) is 11.8 Å². The minimum atomic E-state index is -0.477. The Balaban J connectivity index is 1.39. The Morgan fingerprint density at radius 2 is 1.61 bits per heavy atom. The van der Waals surface area contributed by atoms with Crippen LogP contribution in [-0.4, -0.2) is 17.8 Å². The molecule has 1 saturated heterocycles. The summed E-state index contributed by atoms with van der Waals surface area (Å²) in [5.74, 6) is -0.625. The molecule has 0 radical (unpaired) electrons. The Labute approximate surface area is 162 Å². The number of fused-ring (bicyclic) bond motifs is 5. The van der Waals surface area contributed by atoms with E-state index in [1.807, 2.05) is 19.1 Å². The Morgan fingerprint density at radius 3 is 2.25 bits per heavy atom. The van der Waals surface area contributed by atoms with Gasteiger partial charge >= 0.3 is 5.97 Å². The summed E-state index contributed by atoms with van der Waals surface area (Å²) in [7, 11) is 0. The lowest BCUT2D eigenvalue weighted by Gasteiger charge is -2.18. The van der Waals surface area contributed by atoms with Crippen LogP contribution in [0.4, 0.5) is 5.69 Å². The first-order valence-corrected chi connectivity index (χ1v) is 9.48. The number of rotatable bonds is 3. The van der Waals surface area contributed by atoms with Crippen molar-refractivity contribution in [3.63, 3.8) is 0 Å². The smallest absolute Gasteiger partial charge is 0.343 e. The summed E-state index contributed by atoms with van der Waals surface area (Å²) in [6, 6.07) is 13.7. The van der Waals surface area contributed by atoms with Gasteiger partial charge in [-0.05, 0) is 49.4 Å². The van der Waals surface area contributed by atoms with Gasteiger partial charge in [0.25, 0.3) is 0 Å². The highest BCUT2D eigenvalue weighted by atomic mass is 16.5. The van der Waals surface area contributed by atoms with Crippen LogP contribution in [0.15, 0.2) is 60.7 Å². The first kappa shape index (κ1) is 16.9. The molecule has 0 aromatic heterocycles. The fraction of sp³-hybridized carbons (Fsp3) is 0.261. The second-order valence-corrected chi connectivity index (χ2v) is 7.76. The molecule has 4 atom stereocenters. The summed E-state index contributed by atoms with van der Waals surface area (Å²) in [4.78, 5) is 39.5. The van der Waals surface area contributed by atoms with E-state index in [0.29, 0.717) is 17.0 Å². The number of carbonyl (C=O) groups is 3. The van der Waals surface area contributed by atoms with Gasteiger partial charge in [-0.2, -0.15) is 0 Å². The highest BCUT2D eigenvalue weighted by Gasteiger charge is 2.59. The Bertz CT molecular complexity index is 993. The predicted molar refractivity (Wildman–Crippen MR) is 103 cm³/mol. The molecule has 5 nitrogen and oxygen atoms in total. The number of esters is 1. The maximum Gasteiger partial charge on any atom is 0.343 e. The molecule has 5 heteroatoms. The maximum atomic E-state index is 12.9. The first-order valence-electron chi connectivity index (χ1n) is 9.48. The summed E-state index contributed by atoms with van der Waals surface area (Å²) in [5.41, 5.74) is 1.96. The third kappa shape index (κ3) is 2.50. The number of aryl methyl sites for hydroxylation is 1. The van der Waals surface area contributed by atoms with Gasteiger partial charge in [-0.15, -0.1) is 0 Å². The molecule has 2 bridgehead atoms. The minimum absolute atomic E-state index is 0.145. The van der Waals surface area contributed by atoms with E-state index in [4.69, 9.17) is 4.74 Å². The largest absolute Gasteiger partial charge is 0.423 e. The lowest BCUT2D eigenvalue weighted by molar-refractivity contribution is -0.123. The third-order valence-corrected chi connectivity index (χ3v) is 6.04. The lowest BCUT2D eigenvalue weighted by atomic mass is 9.85. The van der Waals surface area contributed by atoms with Crippen molar-refractivity contribution in [2.24, 2.45) is 23.7 Å². The molecule has 2 aromatic rings. The molecular weight excluding hydrogens is 354 g/mol. The molecule has 2 fully saturated rings. The molecule has 0 N–H and O–H groups in total. The van der Waals surface area contributed by atoms with Crippen molar-refractivity contribution in [3.8, 4) is 5.75 Å². The zero-order chi connectivity index (χ0) is 19.4. The highest BCUT2D eigenvalue weighted by Crippen LogP contribution is 2.53. The van der Waals surface area contributed by atoms with Gasteiger partial charge in [0.05, 0.1) is 23.1 Å². The Hall–Kier alpha value is -3.21. The zero-order valence-corrected chi connectivity index (χ0v) is 15.4. The van der Waals surface area contributed by atoms with Gasteiger partial charge in [0, 0.05) is 6.07 Å². The van der Waals surface area contributed by atoms with E-state index in [-0.39, 0.29) is 35.5 Å². The van der Waals surface area contributed by atoms with E-state index < -0.39 is 5.97 Å². The molecule has 2 aromatic carbocycles. The molecule has 3 aliphatic rings. The van der Waals surface area contributed by atoms with Crippen LogP contribution >= 0.6 is 0 Å². The van der Waals surface area contributed by atoms with E-state index in [9.17, 15) is 14.4 Å². The van der Waals surface area contributed by atoms with Crippen molar-refractivity contribution >= 4 is 23.5 Å². The fourth-order valence-corrected chi connectivity index (χ4v) is 4.70. The van der Waals surface area contributed by atoms with Crippen LogP contribution in [0.3, 0.4) is 0 Å². The number of hydrogen-bond donors (Lipinski definition) is 0. The molecule has 1 aliphatic heterocycles. The first-order chi connectivity index (χ1) is 13.5. The summed E-state index contributed by atoms with van der Waals surface area (Å²) in [5, 5.41) is 0. The zero-order valence-electron chi connectivity index (χ0n) is 15.4. The second kappa shape index (κ2) is 6.16. The van der Waals surface area contributed by atoms with Crippen LogP contribution in [0, 0.1) is 30.6 Å². The number of benzene rings is 2. The molecule has 2 amide bonds. The highest BCUT2D eigenvalue weighted by molar-refractivity contribution is 6.22. The van der Waals surface area contributed by atoms with Crippen LogP contribution < -0.4 is 9.64 Å². The van der Waals surface area contributed by atoms with Gasteiger partial charge in [-0.1, -0.05) is 35.9 Å². The maximum absolute atomic E-state index is 12.9. The number of anilines is 1. The Kier molecular flexibility index (Phi) is 3.72. The molecule has 0 spiro atoms. The summed E-state index contributed by atoms with van der Waals surface area (Å²) < 4.78 is 5.46. The summed E-state index contributed by atoms with van der Waals surface area (Å²) in [6.07, 6.45) is 5.04. The van der Waals surface area contributed by atoms with Crippen LogP contribution in [0.2, 0.25) is 0 Å². The van der Waals surface area contributed by atoms with Crippen molar-refractivity contribution < 1.29 is 19.1 Å². The van der Waals surface area contributed by atoms with Crippen LogP contribution in [0.5, 0.6) is 5.75 Å². The van der Waals surface area contributed by atoms with E-state index in [1.165, 1.54) is 4.90 Å². The number of imide groups is 1. The van der Waals surface area contributed by atoms with Gasteiger partial charge in [-0.3, -0.25) is 9.59 Å². The second-order valence-electron chi connectivity index (χ2n) is 7.76. The van der Waals surface area contributed by atoms with Crippen molar-refractivity contribution in [3.05, 3.63) is 71.8 Å². The topological polar surface area (TPSA) is 63.7 Å². The number of allylic oxidation sites excluding steroid dienone is 2. The van der Waals surface area contributed by atoms with Crippen molar-refractivity contribution in [1.29, 1.82) is 0 Å². The SMILES string of the molecule is Cc1ccc(C(=O)Oc2cccc(N3C(=O)[C@@H]4[C@@H](C3=O)[C@H]3C=C[C@H]4C3)c2)cc1. The molecule has 2 aliphatic carbocycles. The molecule has 1 saturated carbocycles. The van der Waals surface area contributed by atoms with Crippen LogP contribution in [0.1, 0.15) is 22.3 Å². The third-order valence-electron chi connectivity index (χ3n) is 6.04. The van der Waals surface area contributed by atoms with Gasteiger partial charge in [0.15, 0.2) is 0 Å². The van der Waals surface area contributed by atoms with E-state index in [1.54, 1.807) is 36.4 Å². The minimum Gasteiger partial charge on any atom is -0.423 e. The lowest BCUT2D eigenvalue weighted by Crippen LogP contribution is -2.32. The van der Waals surface area contributed by atoms with E-state index in [0.717, 1.165) is 12.0 Å². The summed E-state index contributed by atoms with van der Waals surface area (Å²) in [6.45, 7) is 1.94. The number of hydrogen-bond acceptors (Lipinski definition) is 4. The number of ether oxygens (including phenoxy) is 1. The molecule has 0 unspecified atom stereocenters. The Morgan fingerprint density at radius 1 is 0.964 bits per heavy atom. The van der Waals surface area contributed by atoms with E-state index >= 15 is 0 Å². The van der Waals surface area contributed by atoms with Gasteiger partial charge in [0.1, 0.15) is 5.75 Å². The predicted octanol–water partition coefficient (Wildman–Crippen LogP) is 3.53. The van der Waals surface area contributed by atoms with Crippen LogP contribution in [-0.2, 0) is 9.59 Å². The van der Waals surface area contributed by atoms with Gasteiger partial charge < -0.3 is 4.74 Å². The molecular formula is C23H19NO4. The van der Waals surface area contributed by atoms with Crippen molar-refractivity contribution in [1.82, 2.24) is 0 Å². The van der Waals surface area contributed by atoms with Crippen molar-refractivity contribution in [2.75, 3.05) is 4.90 Å². The monoisotopic (exact) mass is 373 g/mol. The van der Waals surface area contributed by atoms with E-state index in [2.05, 4.69) is 12.2 Å². The quantitative estimate of drug-likeness (QED) is 0.357. The van der Waals surface area contributed by atoms with Crippen LogP contribution in [0.25, 0.3) is 0 Å². The number of amides is 2. The summed E-state index contributed by atoms with van der Waals surface area (Å²) >= 11 is 0.